The van der Waals surface area contributed by atoms with Crippen LogP contribution in [0.15, 0.2) is 42.7 Å². The third-order valence-corrected chi connectivity index (χ3v) is 6.62. The average molecular weight is 409 g/mol. The summed E-state index contributed by atoms with van der Waals surface area (Å²) in [5.74, 6) is 0.831. The Morgan fingerprint density at radius 1 is 1.17 bits per heavy atom. The van der Waals surface area contributed by atoms with Crippen LogP contribution in [0.3, 0.4) is 0 Å². The van der Waals surface area contributed by atoms with E-state index in [2.05, 4.69) is 33.1 Å². The number of nitrogens with one attached hydrogen (secondary N) is 1. The van der Waals surface area contributed by atoms with Gasteiger partial charge in [-0.05, 0) is 42.7 Å². The summed E-state index contributed by atoms with van der Waals surface area (Å²) in [6.07, 6.45) is 5.73. The van der Waals surface area contributed by atoms with Gasteiger partial charge < -0.3 is 19.7 Å². The van der Waals surface area contributed by atoms with E-state index in [1.807, 2.05) is 24.5 Å². The molecular weight excluding hydrogens is 384 g/mol. The van der Waals surface area contributed by atoms with Gasteiger partial charge >= 0.3 is 0 Å². The van der Waals surface area contributed by atoms with E-state index >= 15 is 0 Å². The van der Waals surface area contributed by atoms with Gasteiger partial charge in [0, 0.05) is 12.6 Å². The van der Waals surface area contributed by atoms with E-state index in [1.54, 1.807) is 18.4 Å². The molecule has 4 aromatic rings. The molecule has 0 radical (unpaired) electrons. The Morgan fingerprint density at radius 3 is 2.90 bits per heavy atom. The monoisotopic (exact) mass is 408 g/mol. The predicted octanol–water partition coefficient (Wildman–Crippen LogP) is 4.42. The molecule has 0 saturated heterocycles. The van der Waals surface area contributed by atoms with Gasteiger partial charge in [-0.15, -0.1) is 0 Å². The van der Waals surface area contributed by atoms with Crippen LogP contribution in [-0.2, 0) is 6.54 Å². The van der Waals surface area contributed by atoms with Crippen molar-refractivity contribution in [2.75, 3.05) is 12.4 Å². The number of hydrogen-bond donors (Lipinski definition) is 2. The van der Waals surface area contributed by atoms with Crippen molar-refractivity contribution in [2.45, 2.75) is 44.4 Å². The molecule has 2 aromatic heterocycles. The number of imidazole rings is 1. The normalized spacial score (nSPS) is 19.7. The molecule has 1 fully saturated rings. The molecule has 2 unspecified atom stereocenters. The molecule has 6 nitrogen and oxygen atoms in total. The van der Waals surface area contributed by atoms with Gasteiger partial charge in [0.05, 0.1) is 46.8 Å². The molecule has 0 aliphatic heterocycles. The zero-order valence-electron chi connectivity index (χ0n) is 16.3. The minimum Gasteiger partial charge on any atom is -0.497 e. The number of nitrogens with zero attached hydrogens (tertiary/aromatic N) is 3. The van der Waals surface area contributed by atoms with Crippen LogP contribution in [-0.4, -0.2) is 38.9 Å². The first-order chi connectivity index (χ1) is 14.2. The van der Waals surface area contributed by atoms with Crippen LogP contribution in [0, 0.1) is 0 Å². The lowest BCUT2D eigenvalue weighted by molar-refractivity contribution is 0.116. The maximum Gasteiger partial charge on any atom is 0.184 e. The number of hydrogen-bond acceptors (Lipinski definition) is 6. The van der Waals surface area contributed by atoms with Crippen molar-refractivity contribution >= 4 is 37.7 Å². The van der Waals surface area contributed by atoms with Crippen LogP contribution in [0.2, 0.25) is 0 Å². The van der Waals surface area contributed by atoms with Crippen LogP contribution in [0.25, 0.3) is 21.3 Å². The Kier molecular flexibility index (Phi) is 4.85. The standard InChI is InChI=1S/C22H24N4O2S/c1-28-15-7-9-16-19(11-15)26(13-23-16)12-14-6-8-18-21(10-14)29-22(25-18)24-17-4-2-3-5-20(17)27/h6-11,13,17,20,27H,2-5,12H2,1H3,(H,24,25). The summed E-state index contributed by atoms with van der Waals surface area (Å²) < 4.78 is 8.64. The highest BCUT2D eigenvalue weighted by molar-refractivity contribution is 7.22. The van der Waals surface area contributed by atoms with Crippen molar-refractivity contribution in [3.63, 3.8) is 0 Å². The van der Waals surface area contributed by atoms with Gasteiger partial charge in [-0.2, -0.15) is 0 Å². The number of fused-ring (bicyclic) bond motifs is 2. The highest BCUT2D eigenvalue weighted by Gasteiger charge is 2.23. The molecule has 2 atom stereocenters. The van der Waals surface area contributed by atoms with Gasteiger partial charge in [-0.25, -0.2) is 9.97 Å². The first-order valence-corrected chi connectivity index (χ1v) is 10.8. The van der Waals surface area contributed by atoms with Gasteiger partial charge in [0.25, 0.3) is 0 Å². The van der Waals surface area contributed by atoms with E-state index in [4.69, 9.17) is 9.72 Å². The topological polar surface area (TPSA) is 72.2 Å². The second kappa shape index (κ2) is 7.65. The van der Waals surface area contributed by atoms with Crippen molar-refractivity contribution in [1.29, 1.82) is 0 Å². The maximum atomic E-state index is 10.2. The molecular formula is C22H24N4O2S. The predicted molar refractivity (Wildman–Crippen MR) is 117 cm³/mol. The van der Waals surface area contributed by atoms with E-state index in [0.717, 1.165) is 64.4 Å². The number of aliphatic hydroxyl groups is 1. The number of aliphatic hydroxyl groups excluding tert-OH is 1. The first kappa shape index (κ1) is 18.4. The summed E-state index contributed by atoms with van der Waals surface area (Å²) >= 11 is 1.65. The third kappa shape index (κ3) is 3.68. The van der Waals surface area contributed by atoms with E-state index in [1.165, 1.54) is 5.56 Å². The third-order valence-electron chi connectivity index (χ3n) is 5.67. The lowest BCUT2D eigenvalue weighted by Gasteiger charge is -2.27. The number of methoxy groups -OCH3 is 1. The van der Waals surface area contributed by atoms with Crippen LogP contribution >= 0.6 is 11.3 Å². The number of anilines is 1. The van der Waals surface area contributed by atoms with Crippen molar-refractivity contribution in [3.05, 3.63) is 48.3 Å². The lowest BCUT2D eigenvalue weighted by Crippen LogP contribution is -2.36. The minimum absolute atomic E-state index is 0.107. The molecule has 1 saturated carbocycles. The van der Waals surface area contributed by atoms with E-state index < -0.39 is 0 Å². The smallest absolute Gasteiger partial charge is 0.184 e. The van der Waals surface area contributed by atoms with Crippen LogP contribution < -0.4 is 10.1 Å². The number of thiazole rings is 1. The molecule has 0 amide bonds. The second-order valence-corrected chi connectivity index (χ2v) is 8.68. The highest BCUT2D eigenvalue weighted by Crippen LogP contribution is 2.30. The Balaban J connectivity index is 1.39. The zero-order chi connectivity index (χ0) is 19.8. The summed E-state index contributed by atoms with van der Waals surface area (Å²) in [5.41, 5.74) is 4.21. The van der Waals surface area contributed by atoms with Gasteiger partial charge in [0.15, 0.2) is 5.13 Å². The minimum atomic E-state index is -0.280. The molecule has 0 spiro atoms. The summed E-state index contributed by atoms with van der Waals surface area (Å²) in [4.78, 5) is 9.21. The largest absolute Gasteiger partial charge is 0.497 e. The number of benzene rings is 2. The van der Waals surface area contributed by atoms with Crippen molar-refractivity contribution in [2.24, 2.45) is 0 Å². The first-order valence-electron chi connectivity index (χ1n) is 10.0. The van der Waals surface area contributed by atoms with E-state index in [0.29, 0.717) is 0 Å². The number of rotatable bonds is 5. The van der Waals surface area contributed by atoms with Gasteiger partial charge in [0.1, 0.15) is 5.75 Å². The molecule has 1 aliphatic carbocycles. The highest BCUT2D eigenvalue weighted by atomic mass is 32.1. The molecule has 2 N–H and O–H groups in total. The van der Waals surface area contributed by atoms with Crippen LogP contribution in [0.4, 0.5) is 5.13 Å². The zero-order valence-corrected chi connectivity index (χ0v) is 17.2. The Hall–Kier alpha value is -2.64. The molecule has 2 heterocycles. The SMILES string of the molecule is COc1ccc2ncn(Cc3ccc4nc(NC5CCCCC5O)sc4c3)c2c1. The molecule has 1 aliphatic rings. The Labute approximate surface area is 173 Å². The fourth-order valence-corrected chi connectivity index (χ4v) is 5.04. The second-order valence-electron chi connectivity index (χ2n) is 7.65. The summed E-state index contributed by atoms with van der Waals surface area (Å²) in [6, 6.07) is 12.4. The molecule has 7 heteroatoms. The van der Waals surface area contributed by atoms with Crippen molar-refractivity contribution in [3.8, 4) is 5.75 Å². The molecule has 150 valence electrons. The van der Waals surface area contributed by atoms with Crippen molar-refractivity contribution in [1.82, 2.24) is 14.5 Å². The molecule has 29 heavy (non-hydrogen) atoms. The van der Waals surface area contributed by atoms with Gasteiger partial charge in [-0.1, -0.05) is 30.2 Å². The number of aromatic nitrogens is 3. The summed E-state index contributed by atoms with van der Waals surface area (Å²) in [7, 11) is 1.68. The van der Waals surface area contributed by atoms with E-state index in [9.17, 15) is 5.11 Å². The molecule has 5 rings (SSSR count). The lowest BCUT2D eigenvalue weighted by atomic mass is 9.93. The van der Waals surface area contributed by atoms with Crippen LogP contribution in [0.1, 0.15) is 31.2 Å². The Morgan fingerprint density at radius 2 is 2.03 bits per heavy atom. The maximum absolute atomic E-state index is 10.2. The van der Waals surface area contributed by atoms with Gasteiger partial charge in [0.2, 0.25) is 0 Å². The number of ether oxygens (including phenoxy) is 1. The van der Waals surface area contributed by atoms with E-state index in [-0.39, 0.29) is 12.1 Å². The van der Waals surface area contributed by atoms with Crippen LogP contribution in [0.5, 0.6) is 5.75 Å². The fourth-order valence-electron chi connectivity index (χ4n) is 4.05. The summed E-state index contributed by atoms with van der Waals surface area (Å²) in [6.45, 7) is 0.738. The Bertz CT molecular complexity index is 1150. The molecule has 0 bridgehead atoms. The fraction of sp³-hybridized carbons (Fsp3) is 0.364. The van der Waals surface area contributed by atoms with Crippen molar-refractivity contribution < 1.29 is 9.84 Å². The quantitative estimate of drug-likeness (QED) is 0.511. The molecule has 2 aromatic carbocycles. The average Bonchev–Trinajstić information content (AvgIpc) is 3.32. The van der Waals surface area contributed by atoms with Gasteiger partial charge in [-0.3, -0.25) is 0 Å². The summed E-state index contributed by atoms with van der Waals surface area (Å²) in [5, 5.41) is 14.6.